The van der Waals surface area contributed by atoms with Gasteiger partial charge in [-0.05, 0) is 50.4 Å². The summed E-state index contributed by atoms with van der Waals surface area (Å²) in [7, 11) is -3.81. The van der Waals surface area contributed by atoms with Gasteiger partial charge in [-0.3, -0.25) is 9.59 Å². The van der Waals surface area contributed by atoms with E-state index in [1.807, 2.05) is 0 Å². The van der Waals surface area contributed by atoms with Gasteiger partial charge in [-0.2, -0.15) is 4.72 Å². The second-order valence-electron chi connectivity index (χ2n) is 6.58. The normalized spacial score (nSPS) is 16.9. The number of nitrogens with one attached hydrogen (secondary N) is 3. The highest BCUT2D eigenvalue weighted by Gasteiger charge is 2.34. The number of ether oxygens (including phenoxy) is 1. The van der Waals surface area contributed by atoms with E-state index in [1.54, 1.807) is 36.6 Å². The topological polar surface area (TPSA) is 114 Å². The molecule has 2 aromatic rings. The van der Waals surface area contributed by atoms with Gasteiger partial charge >= 0.3 is 0 Å². The smallest absolute Gasteiger partial charge is 0.265 e. The first-order chi connectivity index (χ1) is 12.6. The van der Waals surface area contributed by atoms with Crippen LogP contribution in [0.3, 0.4) is 0 Å². The SMILES string of the molecule is C[C@@H]1Oc2ccc(NC(=O)C(C)(C)NS(=O)(=O)c3cccs3)cc2NC1=O. The van der Waals surface area contributed by atoms with Crippen molar-refractivity contribution in [1.29, 1.82) is 0 Å². The highest BCUT2D eigenvalue weighted by atomic mass is 32.2. The summed E-state index contributed by atoms with van der Waals surface area (Å²) in [5, 5.41) is 7.00. The van der Waals surface area contributed by atoms with Crippen molar-refractivity contribution in [3.8, 4) is 5.75 Å². The van der Waals surface area contributed by atoms with E-state index >= 15 is 0 Å². The van der Waals surface area contributed by atoms with Crippen LogP contribution in [0.15, 0.2) is 39.9 Å². The molecule has 10 heteroatoms. The molecule has 3 N–H and O–H groups in total. The molecule has 0 radical (unpaired) electrons. The predicted octanol–water partition coefficient (Wildman–Crippen LogP) is 2.16. The van der Waals surface area contributed by atoms with Crippen LogP contribution in [-0.2, 0) is 19.6 Å². The third-order valence-electron chi connectivity index (χ3n) is 3.89. The number of amides is 2. The van der Waals surface area contributed by atoms with Gasteiger partial charge in [0.2, 0.25) is 5.91 Å². The van der Waals surface area contributed by atoms with Crippen molar-refractivity contribution in [2.45, 2.75) is 36.6 Å². The average molecular weight is 409 g/mol. The molecule has 8 nitrogen and oxygen atoms in total. The third-order valence-corrected chi connectivity index (χ3v) is 6.94. The van der Waals surface area contributed by atoms with Gasteiger partial charge in [0, 0.05) is 5.69 Å². The molecule has 2 heterocycles. The molecule has 2 amide bonds. The van der Waals surface area contributed by atoms with Crippen LogP contribution in [0.5, 0.6) is 5.75 Å². The van der Waals surface area contributed by atoms with E-state index in [2.05, 4.69) is 15.4 Å². The number of fused-ring (bicyclic) bond motifs is 1. The molecule has 3 rings (SSSR count). The van der Waals surface area contributed by atoms with E-state index in [0.717, 1.165) is 11.3 Å². The van der Waals surface area contributed by atoms with Crippen LogP contribution in [0.4, 0.5) is 11.4 Å². The van der Waals surface area contributed by atoms with Crippen LogP contribution in [0.1, 0.15) is 20.8 Å². The van der Waals surface area contributed by atoms with Gasteiger partial charge in [-0.25, -0.2) is 8.42 Å². The minimum absolute atomic E-state index is 0.131. The lowest BCUT2D eigenvalue weighted by atomic mass is 10.1. The molecule has 1 aromatic heterocycles. The highest BCUT2D eigenvalue weighted by molar-refractivity contribution is 7.91. The van der Waals surface area contributed by atoms with Crippen molar-refractivity contribution in [2.75, 3.05) is 10.6 Å². The Labute approximate surface area is 161 Å². The van der Waals surface area contributed by atoms with E-state index in [1.165, 1.54) is 19.9 Å². The first-order valence-electron chi connectivity index (χ1n) is 8.09. The lowest BCUT2D eigenvalue weighted by molar-refractivity contribution is -0.122. The fourth-order valence-electron chi connectivity index (χ4n) is 2.42. The van der Waals surface area contributed by atoms with Gasteiger partial charge in [0.15, 0.2) is 6.10 Å². The lowest BCUT2D eigenvalue weighted by Crippen LogP contribution is -2.52. The quantitative estimate of drug-likeness (QED) is 0.700. The van der Waals surface area contributed by atoms with Crippen LogP contribution < -0.4 is 20.1 Å². The van der Waals surface area contributed by atoms with E-state index in [9.17, 15) is 18.0 Å². The van der Waals surface area contributed by atoms with Gasteiger partial charge in [0.1, 0.15) is 15.5 Å². The minimum Gasteiger partial charge on any atom is -0.479 e. The second kappa shape index (κ2) is 6.95. The van der Waals surface area contributed by atoms with Gasteiger partial charge in [-0.1, -0.05) is 6.07 Å². The molecule has 0 bridgehead atoms. The first kappa shape index (κ1) is 19.3. The molecule has 1 aliphatic rings. The molecule has 27 heavy (non-hydrogen) atoms. The molecule has 0 spiro atoms. The van der Waals surface area contributed by atoms with E-state index in [4.69, 9.17) is 4.74 Å². The van der Waals surface area contributed by atoms with Gasteiger partial charge < -0.3 is 15.4 Å². The van der Waals surface area contributed by atoms with Gasteiger partial charge in [0.25, 0.3) is 15.9 Å². The van der Waals surface area contributed by atoms with Crippen LogP contribution >= 0.6 is 11.3 Å². The zero-order chi connectivity index (χ0) is 19.8. The molecular formula is C17H19N3O5S2. The molecule has 0 unspecified atom stereocenters. The fraction of sp³-hybridized carbons (Fsp3) is 0.294. The zero-order valence-electron chi connectivity index (χ0n) is 14.9. The number of carbonyl (C=O) groups excluding carboxylic acids is 2. The van der Waals surface area contributed by atoms with Crippen molar-refractivity contribution in [3.63, 3.8) is 0 Å². The predicted molar refractivity (Wildman–Crippen MR) is 103 cm³/mol. The van der Waals surface area contributed by atoms with Crippen molar-refractivity contribution in [1.82, 2.24) is 4.72 Å². The number of thiophene rings is 1. The molecule has 144 valence electrons. The lowest BCUT2D eigenvalue weighted by Gasteiger charge is -2.26. The van der Waals surface area contributed by atoms with Crippen LogP contribution in [0.25, 0.3) is 0 Å². The van der Waals surface area contributed by atoms with Crippen LogP contribution in [-0.4, -0.2) is 31.9 Å². The highest BCUT2D eigenvalue weighted by Crippen LogP contribution is 2.32. The molecule has 0 aliphatic carbocycles. The van der Waals surface area contributed by atoms with Crippen LogP contribution in [0.2, 0.25) is 0 Å². The van der Waals surface area contributed by atoms with Gasteiger partial charge in [0.05, 0.1) is 5.69 Å². The van der Waals surface area contributed by atoms with Crippen molar-refractivity contribution < 1.29 is 22.7 Å². The summed E-state index contributed by atoms with van der Waals surface area (Å²) >= 11 is 1.07. The molecule has 1 atom stereocenters. The minimum atomic E-state index is -3.81. The first-order valence-corrected chi connectivity index (χ1v) is 10.5. The maximum atomic E-state index is 12.6. The number of hydrogen-bond acceptors (Lipinski definition) is 6. The summed E-state index contributed by atoms with van der Waals surface area (Å²) in [4.78, 5) is 24.3. The summed E-state index contributed by atoms with van der Waals surface area (Å²) in [5.41, 5.74) is -0.555. The summed E-state index contributed by atoms with van der Waals surface area (Å²) in [6.07, 6.45) is -0.594. The number of benzene rings is 1. The Kier molecular flexibility index (Phi) is 4.98. The molecule has 1 aromatic carbocycles. The van der Waals surface area contributed by atoms with Crippen LogP contribution in [0, 0.1) is 0 Å². The average Bonchev–Trinajstić information content (AvgIpc) is 3.11. The maximum absolute atomic E-state index is 12.6. The monoisotopic (exact) mass is 409 g/mol. The second-order valence-corrected chi connectivity index (χ2v) is 9.43. The molecule has 0 saturated heterocycles. The van der Waals surface area contributed by atoms with E-state index in [-0.39, 0.29) is 10.1 Å². The largest absolute Gasteiger partial charge is 0.479 e. The summed E-state index contributed by atoms with van der Waals surface area (Å²) in [6, 6.07) is 7.89. The summed E-state index contributed by atoms with van der Waals surface area (Å²) in [5.74, 6) is -0.327. The molecule has 1 aliphatic heterocycles. The van der Waals surface area contributed by atoms with Crippen molar-refractivity contribution in [3.05, 3.63) is 35.7 Å². The van der Waals surface area contributed by atoms with E-state index < -0.39 is 27.6 Å². The Bertz CT molecular complexity index is 984. The Morgan fingerprint density at radius 3 is 2.70 bits per heavy atom. The fourth-order valence-corrected chi connectivity index (χ4v) is 4.79. The van der Waals surface area contributed by atoms with E-state index in [0.29, 0.717) is 17.1 Å². The number of carbonyl (C=O) groups is 2. The summed E-state index contributed by atoms with van der Waals surface area (Å²) in [6.45, 7) is 4.58. The van der Waals surface area contributed by atoms with Crippen molar-refractivity contribution >= 4 is 44.5 Å². The number of rotatable bonds is 5. The summed E-state index contributed by atoms with van der Waals surface area (Å²) < 4.78 is 32.8. The molecular weight excluding hydrogens is 390 g/mol. The Morgan fingerprint density at radius 2 is 2.04 bits per heavy atom. The van der Waals surface area contributed by atoms with Gasteiger partial charge in [-0.15, -0.1) is 11.3 Å². The Morgan fingerprint density at radius 1 is 1.30 bits per heavy atom. The number of anilines is 2. The van der Waals surface area contributed by atoms with Crippen molar-refractivity contribution in [2.24, 2.45) is 0 Å². The molecule has 0 fully saturated rings. The molecule has 0 saturated carbocycles. The standard InChI is InChI=1S/C17H19N3O5S2/c1-10-15(21)19-12-9-11(6-7-13(12)25-10)18-16(22)17(2,3)20-27(23,24)14-5-4-8-26-14/h4-10,20H,1-3H3,(H,18,22)(H,19,21)/t10-/m0/s1. The zero-order valence-corrected chi connectivity index (χ0v) is 16.5. The number of sulfonamides is 1. The Balaban J connectivity index is 1.75. The third kappa shape index (κ3) is 4.12. The maximum Gasteiger partial charge on any atom is 0.265 e. The number of hydrogen-bond donors (Lipinski definition) is 3. The Hall–Kier alpha value is -2.43.